The molecule has 0 bridgehead atoms. The number of hydrogen-bond donors (Lipinski definition) is 0. The van der Waals surface area contributed by atoms with Crippen LogP contribution in [-0.2, 0) is 0 Å². The quantitative estimate of drug-likeness (QED) is 0.175. The van der Waals surface area contributed by atoms with Crippen molar-refractivity contribution in [2.45, 2.75) is 0 Å². The number of anilines is 3. The Labute approximate surface area is 340 Å². The summed E-state index contributed by atoms with van der Waals surface area (Å²) in [5, 5.41) is 5.77. The topological polar surface area (TPSA) is 43.2 Å². The van der Waals surface area contributed by atoms with Gasteiger partial charge in [-0.25, -0.2) is 9.97 Å². The maximum Gasteiger partial charge on any atom is 0.235 e. The van der Waals surface area contributed by atoms with E-state index < -0.39 is 0 Å². The van der Waals surface area contributed by atoms with Crippen molar-refractivity contribution in [2.24, 2.45) is 0 Å². The van der Waals surface area contributed by atoms with Crippen LogP contribution in [-0.4, -0.2) is 14.5 Å². The second-order valence-electron chi connectivity index (χ2n) is 15.0. The Balaban J connectivity index is 1.04. The van der Waals surface area contributed by atoms with Crippen molar-refractivity contribution in [2.75, 3.05) is 4.90 Å². The SMILES string of the molecule is c1ccc(-c2nc(-n3c4ccc5ccccc5c4c4cccc(-c5ccc(-c6ccc7c(c6)N(c6ccccc6)c6ccccc6O7)cc5)c43)nc3ccccc23)cc1. The van der Waals surface area contributed by atoms with E-state index in [1.165, 1.54) is 16.2 Å². The number of ether oxygens (including phenoxy) is 1. The van der Waals surface area contributed by atoms with Crippen LogP contribution in [0.3, 0.4) is 0 Å². The highest BCUT2D eigenvalue weighted by Crippen LogP contribution is 2.51. The Kier molecular flexibility index (Phi) is 7.47. The largest absolute Gasteiger partial charge is 0.453 e. The maximum atomic E-state index is 6.44. The third-order valence-electron chi connectivity index (χ3n) is 11.6. The van der Waals surface area contributed by atoms with Crippen LogP contribution in [0.5, 0.6) is 11.5 Å². The Morgan fingerprint density at radius 1 is 0.424 bits per heavy atom. The second kappa shape index (κ2) is 13.3. The van der Waals surface area contributed by atoms with E-state index in [1.54, 1.807) is 0 Å². The highest BCUT2D eigenvalue weighted by atomic mass is 16.5. The minimum atomic E-state index is 0.641. The van der Waals surface area contributed by atoms with Gasteiger partial charge in [0.25, 0.3) is 0 Å². The van der Waals surface area contributed by atoms with E-state index in [2.05, 4.69) is 185 Å². The van der Waals surface area contributed by atoms with Gasteiger partial charge < -0.3 is 9.64 Å². The smallest absolute Gasteiger partial charge is 0.235 e. The molecule has 276 valence electrons. The fourth-order valence-electron chi connectivity index (χ4n) is 8.89. The normalized spacial score (nSPS) is 12.2. The molecule has 0 fully saturated rings. The molecule has 1 aliphatic rings. The Morgan fingerprint density at radius 3 is 1.97 bits per heavy atom. The molecule has 0 unspecified atom stereocenters. The maximum absolute atomic E-state index is 6.44. The fraction of sp³-hybridized carbons (Fsp3) is 0. The zero-order chi connectivity index (χ0) is 38.9. The van der Waals surface area contributed by atoms with E-state index in [-0.39, 0.29) is 0 Å². The summed E-state index contributed by atoms with van der Waals surface area (Å²) >= 11 is 0. The average molecular weight is 755 g/mol. The first-order valence-corrected chi connectivity index (χ1v) is 19.9. The highest BCUT2D eigenvalue weighted by Gasteiger charge is 2.26. The number of aromatic nitrogens is 3. The van der Waals surface area contributed by atoms with Crippen LogP contribution in [0.25, 0.3) is 82.9 Å². The number of para-hydroxylation sites is 5. The van der Waals surface area contributed by atoms with Gasteiger partial charge in [-0.3, -0.25) is 4.57 Å². The number of rotatable bonds is 5. The van der Waals surface area contributed by atoms with Crippen molar-refractivity contribution in [3.63, 3.8) is 0 Å². The van der Waals surface area contributed by atoms with Crippen LogP contribution in [0.15, 0.2) is 206 Å². The number of nitrogens with zero attached hydrogens (tertiary/aromatic N) is 4. The third-order valence-corrected chi connectivity index (χ3v) is 11.6. The van der Waals surface area contributed by atoms with Crippen LogP contribution >= 0.6 is 0 Å². The molecule has 59 heavy (non-hydrogen) atoms. The predicted octanol–water partition coefficient (Wildman–Crippen LogP) is 14.5. The lowest BCUT2D eigenvalue weighted by Gasteiger charge is -2.33. The van der Waals surface area contributed by atoms with Gasteiger partial charge in [-0.05, 0) is 76.0 Å². The third kappa shape index (κ3) is 5.33. The standard InChI is InChI=1S/C54H34N4O/c1-3-15-38(16-4-1)52-43-20-9-10-23-45(43)55-54(56-52)58-47-32-30-36-14-7-8-19-41(36)51(47)44-22-13-21-42(53(44)58)37-28-26-35(27-29-37)39-31-33-50-48(34-39)57(40-17-5-2-6-18-40)46-24-11-12-25-49(46)59-50/h1-34H. The Bertz CT molecular complexity index is 3410. The summed E-state index contributed by atoms with van der Waals surface area (Å²) in [6.07, 6.45) is 0. The molecule has 5 nitrogen and oxygen atoms in total. The first-order chi connectivity index (χ1) is 29.3. The Morgan fingerprint density at radius 2 is 1.10 bits per heavy atom. The summed E-state index contributed by atoms with van der Waals surface area (Å²) in [7, 11) is 0. The lowest BCUT2D eigenvalue weighted by molar-refractivity contribution is 0.477. The molecular weight excluding hydrogens is 721 g/mol. The van der Waals surface area contributed by atoms with E-state index in [9.17, 15) is 0 Å². The van der Waals surface area contributed by atoms with Crippen LogP contribution in [0, 0.1) is 0 Å². The van der Waals surface area contributed by atoms with Gasteiger partial charge in [0.1, 0.15) is 0 Å². The molecule has 5 heteroatoms. The molecule has 0 radical (unpaired) electrons. The predicted molar refractivity (Wildman–Crippen MR) is 242 cm³/mol. The zero-order valence-corrected chi connectivity index (χ0v) is 31.8. The molecule has 1 aliphatic heterocycles. The molecule has 0 saturated heterocycles. The van der Waals surface area contributed by atoms with Crippen molar-refractivity contribution < 1.29 is 4.74 Å². The summed E-state index contributed by atoms with van der Waals surface area (Å²) in [6.45, 7) is 0. The van der Waals surface area contributed by atoms with E-state index >= 15 is 0 Å². The van der Waals surface area contributed by atoms with Crippen LogP contribution in [0.4, 0.5) is 17.1 Å². The highest BCUT2D eigenvalue weighted by molar-refractivity contribution is 6.23. The second-order valence-corrected chi connectivity index (χ2v) is 15.0. The molecular formula is C54H34N4O. The number of benzene rings is 9. The zero-order valence-electron chi connectivity index (χ0n) is 31.8. The molecule has 0 amide bonds. The summed E-state index contributed by atoms with van der Waals surface area (Å²) in [5.41, 5.74) is 12.6. The minimum Gasteiger partial charge on any atom is -0.453 e. The first-order valence-electron chi connectivity index (χ1n) is 19.9. The number of hydrogen-bond acceptors (Lipinski definition) is 4. The molecule has 0 aliphatic carbocycles. The lowest BCUT2D eigenvalue weighted by Crippen LogP contribution is -2.15. The minimum absolute atomic E-state index is 0.641. The van der Waals surface area contributed by atoms with Crippen molar-refractivity contribution in [3.05, 3.63) is 206 Å². The lowest BCUT2D eigenvalue weighted by atomic mass is 9.97. The van der Waals surface area contributed by atoms with Crippen molar-refractivity contribution in [1.82, 2.24) is 14.5 Å². The molecule has 2 aromatic heterocycles. The van der Waals surface area contributed by atoms with Gasteiger partial charge in [-0.15, -0.1) is 0 Å². The van der Waals surface area contributed by atoms with E-state index in [4.69, 9.17) is 14.7 Å². The molecule has 11 aromatic rings. The molecule has 0 spiro atoms. The van der Waals surface area contributed by atoms with E-state index in [0.717, 1.165) is 89.4 Å². The fourth-order valence-corrected chi connectivity index (χ4v) is 8.89. The molecule has 0 saturated carbocycles. The molecule has 9 aromatic carbocycles. The van der Waals surface area contributed by atoms with Crippen molar-refractivity contribution in [1.29, 1.82) is 0 Å². The summed E-state index contributed by atoms with van der Waals surface area (Å²) in [6, 6.07) is 72.5. The van der Waals surface area contributed by atoms with Gasteiger partial charge >= 0.3 is 0 Å². The van der Waals surface area contributed by atoms with Gasteiger partial charge in [0, 0.05) is 33.0 Å². The first kappa shape index (κ1) is 33.2. The van der Waals surface area contributed by atoms with E-state index in [1.807, 2.05) is 30.3 Å². The number of fused-ring (bicyclic) bond motifs is 8. The Hall–Kier alpha value is -8.02. The average Bonchev–Trinajstić information content (AvgIpc) is 3.66. The van der Waals surface area contributed by atoms with Crippen molar-refractivity contribution in [3.8, 4) is 51.0 Å². The molecule has 0 N–H and O–H groups in total. The van der Waals surface area contributed by atoms with Crippen LogP contribution in [0.1, 0.15) is 0 Å². The van der Waals surface area contributed by atoms with Crippen LogP contribution < -0.4 is 9.64 Å². The summed E-state index contributed by atoms with van der Waals surface area (Å²) in [4.78, 5) is 13.0. The summed E-state index contributed by atoms with van der Waals surface area (Å²) in [5.74, 6) is 2.31. The van der Waals surface area contributed by atoms with Crippen molar-refractivity contribution >= 4 is 60.5 Å². The molecule has 3 heterocycles. The van der Waals surface area contributed by atoms with Gasteiger partial charge in [0.2, 0.25) is 5.95 Å². The summed E-state index contributed by atoms with van der Waals surface area (Å²) < 4.78 is 8.72. The monoisotopic (exact) mass is 754 g/mol. The van der Waals surface area contributed by atoms with Crippen LogP contribution in [0.2, 0.25) is 0 Å². The van der Waals surface area contributed by atoms with E-state index in [0.29, 0.717) is 5.95 Å². The van der Waals surface area contributed by atoms with Gasteiger partial charge in [-0.2, -0.15) is 0 Å². The molecule has 12 rings (SSSR count). The van der Waals surface area contributed by atoms with Gasteiger partial charge in [0.15, 0.2) is 11.5 Å². The van der Waals surface area contributed by atoms with Gasteiger partial charge in [0.05, 0.1) is 33.6 Å². The molecule has 0 atom stereocenters. The van der Waals surface area contributed by atoms with Gasteiger partial charge in [-0.1, -0.05) is 158 Å².